The molecule has 0 unspecified atom stereocenters. The maximum Gasteiger partial charge on any atom is 0.325 e. The lowest BCUT2D eigenvalue weighted by Gasteiger charge is -2.24. The van der Waals surface area contributed by atoms with Gasteiger partial charge in [0.05, 0.1) is 6.07 Å². The van der Waals surface area contributed by atoms with Crippen molar-refractivity contribution in [2.75, 3.05) is 6.54 Å². The Morgan fingerprint density at radius 3 is 2.69 bits per heavy atom. The van der Waals surface area contributed by atoms with E-state index in [2.05, 4.69) is 16.7 Å². The summed E-state index contributed by atoms with van der Waals surface area (Å²) in [5.74, 6) is -0.861. The van der Waals surface area contributed by atoms with E-state index in [1.54, 1.807) is 0 Å². The van der Waals surface area contributed by atoms with Gasteiger partial charge in [0, 0.05) is 0 Å². The van der Waals surface area contributed by atoms with E-state index >= 15 is 0 Å². The van der Waals surface area contributed by atoms with Crippen molar-refractivity contribution in [2.24, 2.45) is 0 Å². The third-order valence-electron chi connectivity index (χ3n) is 5.77. The fraction of sp³-hybridized carbons (Fsp3) is 0.474. The summed E-state index contributed by atoms with van der Waals surface area (Å²) in [4.78, 5) is 38.8. The van der Waals surface area contributed by atoms with E-state index in [1.807, 2.05) is 24.3 Å². The van der Waals surface area contributed by atoms with Crippen LogP contribution in [0.15, 0.2) is 24.3 Å². The lowest BCUT2D eigenvalue weighted by atomic mass is 9.92. The third-order valence-corrected chi connectivity index (χ3v) is 5.77. The highest BCUT2D eigenvalue weighted by atomic mass is 16.2. The number of hydrogen-bond acceptors (Lipinski definition) is 4. The van der Waals surface area contributed by atoms with Crippen molar-refractivity contribution in [3.63, 3.8) is 0 Å². The minimum absolute atomic E-state index is 0.363. The predicted molar refractivity (Wildman–Crippen MR) is 91.6 cm³/mol. The van der Waals surface area contributed by atoms with Crippen LogP contribution < -0.4 is 10.6 Å². The Kier molecular flexibility index (Phi) is 3.72. The molecule has 1 aromatic rings. The van der Waals surface area contributed by atoms with Gasteiger partial charge in [0.2, 0.25) is 5.91 Å². The first-order chi connectivity index (χ1) is 12.5. The average molecular weight is 352 g/mol. The molecule has 0 bridgehead atoms. The van der Waals surface area contributed by atoms with Crippen LogP contribution in [-0.4, -0.2) is 34.8 Å². The summed E-state index contributed by atoms with van der Waals surface area (Å²) in [5.41, 5.74) is -0.0743. The molecule has 1 aliphatic heterocycles. The second kappa shape index (κ2) is 5.84. The number of hydrogen-bond donors (Lipinski definition) is 2. The smallest absolute Gasteiger partial charge is 0.325 e. The fourth-order valence-electron chi connectivity index (χ4n) is 4.43. The molecule has 1 heterocycles. The number of nitriles is 1. The Hall–Kier alpha value is -2.88. The summed E-state index contributed by atoms with van der Waals surface area (Å²) >= 11 is 0. The van der Waals surface area contributed by atoms with E-state index in [-0.39, 0.29) is 12.5 Å². The van der Waals surface area contributed by atoms with Crippen LogP contribution in [0.2, 0.25) is 0 Å². The van der Waals surface area contributed by atoms with E-state index in [9.17, 15) is 19.6 Å². The Morgan fingerprint density at radius 1 is 1.23 bits per heavy atom. The van der Waals surface area contributed by atoms with Crippen molar-refractivity contribution >= 4 is 17.8 Å². The van der Waals surface area contributed by atoms with Crippen molar-refractivity contribution < 1.29 is 14.4 Å². The summed E-state index contributed by atoms with van der Waals surface area (Å²) < 4.78 is 0. The van der Waals surface area contributed by atoms with Gasteiger partial charge in [-0.3, -0.25) is 14.5 Å². The Bertz CT molecular complexity index is 837. The van der Waals surface area contributed by atoms with Crippen molar-refractivity contribution in [2.45, 2.75) is 49.6 Å². The molecule has 4 amide bonds. The molecule has 7 heteroatoms. The zero-order valence-corrected chi connectivity index (χ0v) is 14.4. The molecule has 1 atom stereocenters. The van der Waals surface area contributed by atoms with E-state index in [1.165, 1.54) is 0 Å². The standard InChI is InChI=1S/C19H20N4O3/c20-12-18(8-3-4-9-18)21-15(24)11-23-16(25)19(22-17(23)26)10-7-13-5-1-2-6-14(13)19/h1-2,5-6H,3-4,7-11H2,(H,21,24)(H,22,26)/t19-/m1/s1. The summed E-state index contributed by atoms with van der Waals surface area (Å²) in [6.45, 7) is -0.363. The van der Waals surface area contributed by atoms with Gasteiger partial charge in [-0.1, -0.05) is 24.3 Å². The van der Waals surface area contributed by atoms with Gasteiger partial charge in [-0.2, -0.15) is 5.26 Å². The molecule has 4 rings (SSSR count). The van der Waals surface area contributed by atoms with Gasteiger partial charge in [0.1, 0.15) is 17.6 Å². The van der Waals surface area contributed by atoms with Crippen LogP contribution >= 0.6 is 0 Å². The fourth-order valence-corrected chi connectivity index (χ4v) is 4.43. The van der Waals surface area contributed by atoms with Gasteiger partial charge in [-0.15, -0.1) is 0 Å². The van der Waals surface area contributed by atoms with Crippen molar-refractivity contribution in [1.82, 2.24) is 15.5 Å². The topological polar surface area (TPSA) is 102 Å². The van der Waals surface area contributed by atoms with Gasteiger partial charge in [-0.05, 0) is 49.7 Å². The lowest BCUT2D eigenvalue weighted by molar-refractivity contribution is -0.135. The van der Waals surface area contributed by atoms with Crippen LogP contribution in [0.4, 0.5) is 4.79 Å². The Balaban J connectivity index is 1.52. The Labute approximate surface area is 151 Å². The maximum atomic E-state index is 13.0. The van der Waals surface area contributed by atoms with Crippen LogP contribution in [0.3, 0.4) is 0 Å². The quantitative estimate of drug-likeness (QED) is 0.801. The van der Waals surface area contributed by atoms with Crippen LogP contribution in [0.5, 0.6) is 0 Å². The minimum Gasteiger partial charge on any atom is -0.336 e. The molecule has 2 aliphatic carbocycles. The molecule has 1 saturated heterocycles. The summed E-state index contributed by atoms with van der Waals surface area (Å²) in [7, 11) is 0. The number of nitrogens with zero attached hydrogens (tertiary/aromatic N) is 2. The normalized spacial score (nSPS) is 25.9. The highest BCUT2D eigenvalue weighted by Crippen LogP contribution is 2.41. The molecule has 0 aromatic heterocycles. The SMILES string of the molecule is N#CC1(NC(=O)CN2C(=O)N[C@@]3(CCc4ccccc43)C2=O)CCCC1. The highest BCUT2D eigenvalue weighted by Gasteiger charge is 2.55. The molecular formula is C19H20N4O3. The molecule has 2 N–H and O–H groups in total. The minimum atomic E-state index is -1.06. The van der Waals surface area contributed by atoms with Crippen LogP contribution in [-0.2, 0) is 21.5 Å². The zero-order chi connectivity index (χ0) is 18.4. The van der Waals surface area contributed by atoms with Gasteiger partial charge in [-0.25, -0.2) is 4.79 Å². The number of nitrogens with one attached hydrogen (secondary N) is 2. The zero-order valence-electron chi connectivity index (χ0n) is 14.4. The van der Waals surface area contributed by atoms with Crippen molar-refractivity contribution in [1.29, 1.82) is 5.26 Å². The second-order valence-corrected chi connectivity index (χ2v) is 7.33. The number of fused-ring (bicyclic) bond motifs is 2. The molecular weight excluding hydrogens is 332 g/mol. The summed E-state index contributed by atoms with van der Waals surface area (Å²) in [6.07, 6.45) is 4.18. The molecule has 134 valence electrons. The van der Waals surface area contributed by atoms with Crippen LogP contribution in [0.1, 0.15) is 43.2 Å². The third kappa shape index (κ3) is 2.37. The number of urea groups is 1. The number of rotatable bonds is 3. The molecule has 3 aliphatic rings. The molecule has 1 saturated carbocycles. The Morgan fingerprint density at radius 2 is 1.96 bits per heavy atom. The van der Waals surface area contributed by atoms with Gasteiger partial charge >= 0.3 is 6.03 Å². The number of aryl methyl sites for hydroxylation is 1. The van der Waals surface area contributed by atoms with Gasteiger partial charge < -0.3 is 10.6 Å². The number of carbonyl (C=O) groups excluding carboxylic acids is 3. The van der Waals surface area contributed by atoms with E-state index in [0.29, 0.717) is 25.7 Å². The number of benzene rings is 1. The number of carbonyl (C=O) groups is 3. The highest BCUT2D eigenvalue weighted by molar-refractivity contribution is 6.10. The first kappa shape index (κ1) is 16.6. The molecule has 26 heavy (non-hydrogen) atoms. The van der Waals surface area contributed by atoms with Crippen LogP contribution in [0, 0.1) is 11.3 Å². The van der Waals surface area contributed by atoms with Crippen molar-refractivity contribution in [3.8, 4) is 6.07 Å². The number of amides is 4. The second-order valence-electron chi connectivity index (χ2n) is 7.33. The largest absolute Gasteiger partial charge is 0.336 e. The average Bonchev–Trinajstić information content (AvgIpc) is 3.31. The summed E-state index contributed by atoms with van der Waals surface area (Å²) in [5, 5.41) is 14.9. The lowest BCUT2D eigenvalue weighted by Crippen LogP contribution is -2.50. The number of imide groups is 1. The van der Waals surface area contributed by atoms with E-state index in [4.69, 9.17) is 0 Å². The maximum absolute atomic E-state index is 13.0. The molecule has 1 spiro atoms. The first-order valence-corrected chi connectivity index (χ1v) is 8.94. The monoisotopic (exact) mass is 352 g/mol. The van der Waals surface area contributed by atoms with Gasteiger partial charge in [0.25, 0.3) is 5.91 Å². The van der Waals surface area contributed by atoms with Crippen LogP contribution in [0.25, 0.3) is 0 Å². The van der Waals surface area contributed by atoms with E-state index < -0.39 is 23.0 Å². The van der Waals surface area contributed by atoms with E-state index in [0.717, 1.165) is 28.9 Å². The van der Waals surface area contributed by atoms with Crippen molar-refractivity contribution in [3.05, 3.63) is 35.4 Å². The summed E-state index contributed by atoms with van der Waals surface area (Å²) in [6, 6.07) is 9.19. The molecule has 7 nitrogen and oxygen atoms in total. The van der Waals surface area contributed by atoms with Gasteiger partial charge in [0.15, 0.2) is 0 Å². The first-order valence-electron chi connectivity index (χ1n) is 8.94. The molecule has 1 aromatic carbocycles. The molecule has 2 fully saturated rings. The predicted octanol–water partition coefficient (Wildman–Crippen LogP) is 1.33. The molecule has 0 radical (unpaired) electrons.